The van der Waals surface area contributed by atoms with E-state index in [0.29, 0.717) is 5.88 Å². The van der Waals surface area contributed by atoms with Gasteiger partial charge in [-0.15, -0.1) is 0 Å². The summed E-state index contributed by atoms with van der Waals surface area (Å²) in [4.78, 5) is 21.1. The second kappa shape index (κ2) is 15.0. The first-order valence-corrected chi connectivity index (χ1v) is 14.4. The van der Waals surface area contributed by atoms with Crippen molar-refractivity contribution in [2.75, 3.05) is 31.6 Å². The van der Waals surface area contributed by atoms with E-state index in [2.05, 4.69) is 59.2 Å². The third-order valence-corrected chi connectivity index (χ3v) is 6.50. The van der Waals surface area contributed by atoms with Gasteiger partial charge in [0.05, 0.1) is 13.3 Å². The first-order valence-electron chi connectivity index (χ1n) is 14.4. The number of carbonyl (C=O) groups excluding carboxylic acids is 1. The van der Waals surface area contributed by atoms with E-state index >= 15 is 0 Å². The fourth-order valence-corrected chi connectivity index (χ4v) is 4.66. The summed E-state index contributed by atoms with van der Waals surface area (Å²) < 4.78 is 5.06. The molecule has 4 heterocycles. The monoisotopic (exact) mass is 538 g/mol. The number of carbonyl (C=O) groups is 1. The Morgan fingerprint density at radius 1 is 1.15 bits per heavy atom. The Morgan fingerprint density at radius 2 is 1.82 bits per heavy atom. The Labute approximate surface area is 235 Å². The molecule has 1 saturated heterocycles. The van der Waals surface area contributed by atoms with Crippen molar-refractivity contribution in [3.8, 4) is 5.88 Å². The molecule has 2 aliphatic rings. The lowest BCUT2D eigenvalue weighted by Crippen LogP contribution is -2.57. The lowest BCUT2D eigenvalue weighted by molar-refractivity contribution is -0.115. The predicted molar refractivity (Wildman–Crippen MR) is 162 cm³/mol. The highest BCUT2D eigenvalue weighted by Gasteiger charge is 2.30. The van der Waals surface area contributed by atoms with E-state index in [1.807, 2.05) is 26.8 Å². The fraction of sp³-hybridized carbons (Fsp3) is 0.613. The average molecular weight is 539 g/mol. The zero-order valence-corrected chi connectivity index (χ0v) is 25.9. The van der Waals surface area contributed by atoms with Crippen LogP contribution < -0.4 is 15.0 Å². The van der Waals surface area contributed by atoms with Crippen LogP contribution in [-0.4, -0.2) is 58.2 Å². The van der Waals surface area contributed by atoms with E-state index < -0.39 is 0 Å². The average Bonchev–Trinajstić information content (AvgIpc) is 3.64. The molecule has 0 amide bonds. The van der Waals surface area contributed by atoms with Gasteiger partial charge in [-0.2, -0.15) is 10.1 Å². The molecule has 0 atom stereocenters. The smallest absolute Gasteiger partial charge is 0.218 e. The van der Waals surface area contributed by atoms with Gasteiger partial charge >= 0.3 is 0 Å². The Kier molecular flexibility index (Phi) is 12.4. The highest BCUT2D eigenvalue weighted by atomic mass is 16.5. The van der Waals surface area contributed by atoms with Crippen LogP contribution in [0.25, 0.3) is 11.0 Å². The molecular weight excluding hydrogens is 488 g/mol. The van der Waals surface area contributed by atoms with Gasteiger partial charge in [-0.25, -0.2) is 0 Å². The molecule has 3 aromatic heterocycles. The van der Waals surface area contributed by atoms with Crippen molar-refractivity contribution >= 4 is 22.5 Å². The molecule has 39 heavy (non-hydrogen) atoms. The number of nitrogens with one attached hydrogen (secondary N) is 2. The molecule has 0 bridgehead atoms. The number of hydrogen-bond donors (Lipinski definition) is 2. The second-order valence-electron chi connectivity index (χ2n) is 10.9. The molecule has 8 heteroatoms. The normalized spacial score (nSPS) is 15.7. The molecule has 0 spiro atoms. The van der Waals surface area contributed by atoms with E-state index in [0.717, 1.165) is 48.6 Å². The van der Waals surface area contributed by atoms with Gasteiger partial charge in [0.15, 0.2) is 5.65 Å². The van der Waals surface area contributed by atoms with Crippen molar-refractivity contribution in [3.63, 3.8) is 0 Å². The van der Waals surface area contributed by atoms with Crippen LogP contribution in [0, 0.1) is 13.8 Å². The minimum atomic E-state index is 0.167. The number of methoxy groups -OCH3 is 1. The minimum absolute atomic E-state index is 0.167. The maximum Gasteiger partial charge on any atom is 0.218 e. The summed E-state index contributed by atoms with van der Waals surface area (Å²) in [5.74, 6) is 1.54. The van der Waals surface area contributed by atoms with Crippen molar-refractivity contribution in [1.29, 1.82) is 0 Å². The van der Waals surface area contributed by atoms with Crippen LogP contribution in [0.4, 0.5) is 5.69 Å². The first kappa shape index (κ1) is 32.2. The highest BCUT2D eigenvalue weighted by Crippen LogP contribution is 2.41. The first-order chi connectivity index (χ1) is 18.5. The fourth-order valence-electron chi connectivity index (χ4n) is 4.66. The number of fused-ring (bicyclic) bond motifs is 1. The molecule has 2 N–H and O–H groups in total. The molecule has 0 unspecified atom stereocenters. The molecule has 1 aliphatic carbocycles. The summed E-state index contributed by atoms with van der Waals surface area (Å²) in [7, 11) is 1.61. The molecule has 3 aromatic rings. The summed E-state index contributed by atoms with van der Waals surface area (Å²) in [6.07, 6.45) is 6.73. The standard InChI is InChI=1S/C18H29N3.C8H9N3O.C3H6O.C2H6/c1-5-6-15-13(2)20-16(14-7-8-14)11-17(15)21-10-9-19-18(3,4)12-21;1-5-3-6-4-9-11-7(6)10-8(5)12-2;1-3(2)4;1-2/h11,14,19H,5-10,12H2,1-4H3;3-4H,1-2H3,(H,9,10,11);1-2H3;1-2H3. The molecule has 8 nitrogen and oxygen atoms in total. The van der Waals surface area contributed by atoms with Crippen molar-refractivity contribution < 1.29 is 9.53 Å². The highest BCUT2D eigenvalue weighted by molar-refractivity contribution is 5.75. The Hall–Kier alpha value is -3.00. The maximum atomic E-state index is 9.44. The van der Waals surface area contributed by atoms with E-state index in [1.54, 1.807) is 13.3 Å². The van der Waals surface area contributed by atoms with Gasteiger partial charge < -0.3 is 19.7 Å². The third kappa shape index (κ3) is 9.60. The Balaban J connectivity index is 0.000000250. The number of H-pyrrole nitrogens is 1. The van der Waals surface area contributed by atoms with Gasteiger partial charge in [-0.3, -0.25) is 10.1 Å². The predicted octanol–water partition coefficient (Wildman–Crippen LogP) is 6.30. The molecule has 216 valence electrons. The number of pyridine rings is 2. The van der Waals surface area contributed by atoms with Crippen molar-refractivity contribution in [2.45, 2.75) is 99.5 Å². The zero-order valence-electron chi connectivity index (χ0n) is 25.9. The number of ketones is 1. The summed E-state index contributed by atoms with van der Waals surface area (Å²) in [6, 6.07) is 4.39. The quantitative estimate of drug-likeness (QED) is 0.393. The minimum Gasteiger partial charge on any atom is -0.481 e. The number of ether oxygens (including phenoxy) is 1. The van der Waals surface area contributed by atoms with Crippen molar-refractivity contribution in [1.82, 2.24) is 25.5 Å². The third-order valence-electron chi connectivity index (χ3n) is 6.50. The largest absolute Gasteiger partial charge is 0.481 e. The van der Waals surface area contributed by atoms with Crippen molar-refractivity contribution in [2.24, 2.45) is 0 Å². The lowest BCUT2D eigenvalue weighted by Gasteiger charge is -2.41. The number of Topliss-reactive ketones (excluding diaryl/α,β-unsaturated/α-hetero) is 1. The van der Waals surface area contributed by atoms with Crippen LogP contribution in [0.1, 0.15) is 96.2 Å². The Morgan fingerprint density at radius 3 is 2.38 bits per heavy atom. The van der Waals surface area contributed by atoms with Gasteiger partial charge in [-0.05, 0) is 78.5 Å². The summed E-state index contributed by atoms with van der Waals surface area (Å²) >= 11 is 0. The molecule has 2 fully saturated rings. The number of nitrogens with zero attached hydrogens (tertiary/aromatic N) is 4. The SMILES string of the molecule is CC.CC(C)=O.CCCc1c(N2CCNC(C)(C)C2)cc(C2CC2)nc1C.COc1nc2[nH]ncc2cc1C. The molecule has 5 rings (SSSR count). The number of anilines is 1. The van der Waals surface area contributed by atoms with Gasteiger partial charge in [-0.1, -0.05) is 27.2 Å². The number of aryl methyl sites for hydroxylation is 2. The number of aromatic nitrogens is 4. The van der Waals surface area contributed by atoms with Crippen molar-refractivity contribution in [3.05, 3.63) is 40.8 Å². The number of hydrogen-bond acceptors (Lipinski definition) is 7. The number of piperazine rings is 1. The van der Waals surface area contributed by atoms with Crippen LogP contribution in [-0.2, 0) is 11.2 Å². The van der Waals surface area contributed by atoms with Crippen LogP contribution in [0.5, 0.6) is 5.88 Å². The van der Waals surface area contributed by atoms with E-state index in [-0.39, 0.29) is 11.3 Å². The zero-order chi connectivity index (χ0) is 29.2. The van der Waals surface area contributed by atoms with E-state index in [1.165, 1.54) is 55.7 Å². The summed E-state index contributed by atoms with van der Waals surface area (Å²) in [5, 5.41) is 11.3. The number of rotatable bonds is 5. The number of aromatic amines is 1. The summed E-state index contributed by atoms with van der Waals surface area (Å²) in [6.45, 7) is 21.3. The van der Waals surface area contributed by atoms with Gasteiger partial charge in [0.25, 0.3) is 0 Å². The molecule has 0 radical (unpaired) electrons. The Bertz CT molecular complexity index is 1200. The molecule has 1 saturated carbocycles. The second-order valence-corrected chi connectivity index (χ2v) is 10.9. The van der Waals surface area contributed by atoms with Crippen LogP contribution in [0.15, 0.2) is 18.3 Å². The lowest BCUT2D eigenvalue weighted by atomic mass is 9.98. The van der Waals surface area contributed by atoms with E-state index in [9.17, 15) is 4.79 Å². The van der Waals surface area contributed by atoms with Gasteiger partial charge in [0, 0.05) is 59.1 Å². The maximum absolute atomic E-state index is 9.44. The molecular formula is C31H50N6O2. The van der Waals surface area contributed by atoms with Crippen LogP contribution in [0.2, 0.25) is 0 Å². The molecule has 1 aliphatic heterocycles. The van der Waals surface area contributed by atoms with Gasteiger partial charge in [0.1, 0.15) is 5.78 Å². The van der Waals surface area contributed by atoms with Crippen LogP contribution >= 0.6 is 0 Å². The van der Waals surface area contributed by atoms with Crippen LogP contribution in [0.3, 0.4) is 0 Å². The van der Waals surface area contributed by atoms with Gasteiger partial charge in [0.2, 0.25) is 5.88 Å². The summed E-state index contributed by atoms with van der Waals surface area (Å²) in [5.41, 5.74) is 7.49. The molecule has 0 aromatic carbocycles. The topological polar surface area (TPSA) is 96.0 Å². The van der Waals surface area contributed by atoms with E-state index in [4.69, 9.17) is 9.72 Å².